The zero-order chi connectivity index (χ0) is 14.5. The molecule has 0 spiro atoms. The molecule has 2 rings (SSSR count). The lowest BCUT2D eigenvalue weighted by Gasteiger charge is -2.14. The van der Waals surface area contributed by atoms with Crippen molar-refractivity contribution < 1.29 is 9.47 Å². The molecule has 0 saturated heterocycles. The van der Waals surface area contributed by atoms with Crippen LogP contribution in [0.5, 0.6) is 11.5 Å². The van der Waals surface area contributed by atoms with E-state index in [-0.39, 0.29) is 0 Å². The molecule has 0 atom stereocenters. The van der Waals surface area contributed by atoms with Gasteiger partial charge in [-0.3, -0.25) is 0 Å². The normalized spacial score (nSPS) is 10.2. The van der Waals surface area contributed by atoms with Crippen LogP contribution in [0.15, 0.2) is 40.9 Å². The van der Waals surface area contributed by atoms with E-state index in [1.165, 1.54) is 5.56 Å². The van der Waals surface area contributed by atoms with E-state index in [9.17, 15) is 0 Å². The van der Waals surface area contributed by atoms with Crippen LogP contribution in [0.4, 0.5) is 5.69 Å². The summed E-state index contributed by atoms with van der Waals surface area (Å²) in [5.41, 5.74) is 3.34. The number of anilines is 1. The first-order valence-corrected chi connectivity index (χ1v) is 7.15. The van der Waals surface area contributed by atoms with Crippen molar-refractivity contribution in [1.82, 2.24) is 0 Å². The van der Waals surface area contributed by atoms with Crippen LogP contribution in [0.25, 0.3) is 0 Å². The third-order valence-electron chi connectivity index (χ3n) is 3.13. The number of para-hydroxylation sites is 1. The summed E-state index contributed by atoms with van der Waals surface area (Å²) in [4.78, 5) is 0. The van der Waals surface area contributed by atoms with Gasteiger partial charge in [0, 0.05) is 22.3 Å². The molecule has 106 valence electrons. The Bertz CT molecular complexity index is 599. The van der Waals surface area contributed by atoms with Crippen molar-refractivity contribution in [3.8, 4) is 11.5 Å². The van der Waals surface area contributed by atoms with Crippen molar-refractivity contribution >= 4 is 21.6 Å². The second kappa shape index (κ2) is 6.66. The zero-order valence-corrected chi connectivity index (χ0v) is 13.5. The lowest BCUT2D eigenvalue weighted by atomic mass is 10.1. The summed E-state index contributed by atoms with van der Waals surface area (Å²) in [5.74, 6) is 1.52. The average molecular weight is 336 g/mol. The summed E-state index contributed by atoms with van der Waals surface area (Å²) in [6.45, 7) is 2.75. The first-order chi connectivity index (χ1) is 9.65. The highest BCUT2D eigenvalue weighted by molar-refractivity contribution is 9.10. The first kappa shape index (κ1) is 14.7. The predicted molar refractivity (Wildman–Crippen MR) is 85.8 cm³/mol. The van der Waals surface area contributed by atoms with E-state index in [0.29, 0.717) is 6.54 Å². The van der Waals surface area contributed by atoms with E-state index < -0.39 is 0 Å². The number of hydrogen-bond donors (Lipinski definition) is 1. The van der Waals surface area contributed by atoms with Crippen LogP contribution in [0, 0.1) is 6.92 Å². The van der Waals surface area contributed by atoms with Crippen LogP contribution < -0.4 is 14.8 Å². The number of benzene rings is 2. The maximum Gasteiger partial charge on any atom is 0.165 e. The van der Waals surface area contributed by atoms with Gasteiger partial charge in [-0.25, -0.2) is 0 Å². The molecular weight excluding hydrogens is 318 g/mol. The summed E-state index contributed by atoms with van der Waals surface area (Å²) in [7, 11) is 3.30. The number of hydrogen-bond acceptors (Lipinski definition) is 3. The van der Waals surface area contributed by atoms with Crippen molar-refractivity contribution in [2.24, 2.45) is 0 Å². The molecule has 0 radical (unpaired) electrons. The van der Waals surface area contributed by atoms with Gasteiger partial charge in [-0.2, -0.15) is 0 Å². The molecule has 0 bridgehead atoms. The topological polar surface area (TPSA) is 30.5 Å². The Morgan fingerprint density at radius 3 is 2.55 bits per heavy atom. The Morgan fingerprint density at radius 1 is 1.10 bits per heavy atom. The van der Waals surface area contributed by atoms with E-state index in [1.807, 2.05) is 30.3 Å². The summed E-state index contributed by atoms with van der Waals surface area (Å²) in [6, 6.07) is 12.1. The highest BCUT2D eigenvalue weighted by Gasteiger charge is 2.09. The molecule has 2 aromatic carbocycles. The minimum absolute atomic E-state index is 0.682. The number of nitrogens with one attached hydrogen (secondary N) is 1. The van der Waals surface area contributed by atoms with Crippen molar-refractivity contribution in [3.05, 3.63) is 52.0 Å². The minimum Gasteiger partial charge on any atom is -0.493 e. The van der Waals surface area contributed by atoms with E-state index in [0.717, 1.165) is 27.2 Å². The van der Waals surface area contributed by atoms with Gasteiger partial charge in [-0.15, -0.1) is 0 Å². The molecule has 4 heteroatoms. The standard InChI is InChI=1S/C16H18BrNO2/c1-11-9-13(7-8-14(11)17)18-10-12-5-4-6-15(19-2)16(12)20-3/h4-9,18H,10H2,1-3H3. The SMILES string of the molecule is COc1cccc(CNc2ccc(Br)c(C)c2)c1OC. The lowest BCUT2D eigenvalue weighted by molar-refractivity contribution is 0.352. The van der Waals surface area contributed by atoms with Crippen molar-refractivity contribution in [2.45, 2.75) is 13.5 Å². The Labute approximate surface area is 128 Å². The Kier molecular flexibility index (Phi) is 4.90. The van der Waals surface area contributed by atoms with Crippen molar-refractivity contribution in [2.75, 3.05) is 19.5 Å². The number of aryl methyl sites for hydroxylation is 1. The highest BCUT2D eigenvalue weighted by atomic mass is 79.9. The highest BCUT2D eigenvalue weighted by Crippen LogP contribution is 2.31. The van der Waals surface area contributed by atoms with Gasteiger partial charge in [0.1, 0.15) is 0 Å². The van der Waals surface area contributed by atoms with E-state index in [2.05, 4.69) is 34.2 Å². The smallest absolute Gasteiger partial charge is 0.165 e. The molecule has 0 heterocycles. The fraction of sp³-hybridized carbons (Fsp3) is 0.250. The predicted octanol–water partition coefficient (Wildman–Crippen LogP) is 4.39. The Balaban J connectivity index is 2.16. The second-order valence-electron chi connectivity index (χ2n) is 4.47. The van der Waals surface area contributed by atoms with Gasteiger partial charge in [0.05, 0.1) is 14.2 Å². The summed E-state index contributed by atoms with van der Waals surface area (Å²) in [6.07, 6.45) is 0. The number of methoxy groups -OCH3 is 2. The molecule has 0 fully saturated rings. The van der Waals surface area contributed by atoms with E-state index in [4.69, 9.17) is 9.47 Å². The molecule has 0 aliphatic heterocycles. The van der Waals surface area contributed by atoms with E-state index >= 15 is 0 Å². The maximum absolute atomic E-state index is 5.43. The Hall–Kier alpha value is -1.68. The quantitative estimate of drug-likeness (QED) is 0.879. The van der Waals surface area contributed by atoms with Gasteiger partial charge in [0.2, 0.25) is 0 Å². The molecule has 0 amide bonds. The van der Waals surface area contributed by atoms with Crippen LogP contribution in [0.1, 0.15) is 11.1 Å². The maximum atomic E-state index is 5.43. The van der Waals surface area contributed by atoms with Gasteiger partial charge in [0.25, 0.3) is 0 Å². The molecule has 0 aliphatic carbocycles. The van der Waals surface area contributed by atoms with Gasteiger partial charge in [-0.05, 0) is 36.8 Å². The molecule has 20 heavy (non-hydrogen) atoms. The molecule has 0 aliphatic rings. The van der Waals surface area contributed by atoms with Gasteiger partial charge in [0.15, 0.2) is 11.5 Å². The number of halogens is 1. The molecule has 2 aromatic rings. The average Bonchev–Trinajstić information content (AvgIpc) is 2.47. The molecular formula is C16H18BrNO2. The molecule has 0 unspecified atom stereocenters. The van der Waals surface area contributed by atoms with Gasteiger partial charge < -0.3 is 14.8 Å². The van der Waals surface area contributed by atoms with Crippen LogP contribution in [0.2, 0.25) is 0 Å². The van der Waals surface area contributed by atoms with Gasteiger partial charge >= 0.3 is 0 Å². The third-order valence-corrected chi connectivity index (χ3v) is 4.02. The van der Waals surface area contributed by atoms with Crippen LogP contribution in [-0.2, 0) is 6.54 Å². The largest absolute Gasteiger partial charge is 0.493 e. The minimum atomic E-state index is 0.682. The van der Waals surface area contributed by atoms with Crippen LogP contribution in [0.3, 0.4) is 0 Å². The molecule has 0 saturated carbocycles. The van der Waals surface area contributed by atoms with Crippen molar-refractivity contribution in [1.29, 1.82) is 0 Å². The first-order valence-electron chi connectivity index (χ1n) is 6.35. The molecule has 1 N–H and O–H groups in total. The summed E-state index contributed by atoms with van der Waals surface area (Å²) >= 11 is 3.50. The molecule has 0 aromatic heterocycles. The number of ether oxygens (including phenoxy) is 2. The fourth-order valence-electron chi connectivity index (χ4n) is 2.04. The third kappa shape index (κ3) is 3.25. The summed E-state index contributed by atoms with van der Waals surface area (Å²) in [5, 5.41) is 3.40. The summed E-state index contributed by atoms with van der Waals surface area (Å²) < 4.78 is 11.8. The monoisotopic (exact) mass is 335 g/mol. The molecule has 3 nitrogen and oxygen atoms in total. The number of rotatable bonds is 5. The second-order valence-corrected chi connectivity index (χ2v) is 5.32. The van der Waals surface area contributed by atoms with Crippen molar-refractivity contribution in [3.63, 3.8) is 0 Å². The zero-order valence-electron chi connectivity index (χ0n) is 11.9. The fourth-order valence-corrected chi connectivity index (χ4v) is 2.29. The lowest BCUT2D eigenvalue weighted by Crippen LogP contribution is -2.03. The van der Waals surface area contributed by atoms with Crippen LogP contribution in [-0.4, -0.2) is 14.2 Å². The van der Waals surface area contributed by atoms with E-state index in [1.54, 1.807) is 14.2 Å². The van der Waals surface area contributed by atoms with Gasteiger partial charge in [-0.1, -0.05) is 28.1 Å². The Morgan fingerprint density at radius 2 is 1.90 bits per heavy atom. The van der Waals surface area contributed by atoms with Crippen LogP contribution >= 0.6 is 15.9 Å².